The van der Waals surface area contributed by atoms with Crippen LogP contribution in [0.1, 0.15) is 11.1 Å². The molecule has 1 heterocycles. The number of benzene rings is 1. The van der Waals surface area contributed by atoms with Gasteiger partial charge in [-0.15, -0.1) is 0 Å². The molecule has 118 valence electrons. The highest BCUT2D eigenvalue weighted by molar-refractivity contribution is 5.25. The summed E-state index contributed by atoms with van der Waals surface area (Å²) in [5, 5.41) is 23.8. The van der Waals surface area contributed by atoms with Crippen molar-refractivity contribution in [1.82, 2.24) is 14.8 Å². The van der Waals surface area contributed by atoms with Gasteiger partial charge in [0.25, 0.3) is 0 Å². The summed E-state index contributed by atoms with van der Waals surface area (Å²) < 4.78 is 38.3. The molecule has 0 amide bonds. The lowest BCUT2D eigenvalue weighted by molar-refractivity contribution is -0.394. The molecule has 0 saturated heterocycles. The van der Waals surface area contributed by atoms with E-state index in [-0.39, 0.29) is 13.0 Å². The Bertz CT molecular complexity index is 654. The molecule has 10 heteroatoms. The predicted octanol–water partition coefficient (Wildman–Crippen LogP) is 1.81. The van der Waals surface area contributed by atoms with Gasteiger partial charge in [-0.25, -0.2) is 0 Å². The lowest BCUT2D eigenvalue weighted by Crippen LogP contribution is -2.19. The SMILES string of the molecule is O=[N+]([O-])c1ncn(C[C@@H](O)Cc2ccc(C(F)(F)F)cc2)n1. The summed E-state index contributed by atoms with van der Waals surface area (Å²) in [7, 11) is 0. The highest BCUT2D eigenvalue weighted by Crippen LogP contribution is 2.29. The smallest absolute Gasteiger partial charge is 0.391 e. The third kappa shape index (κ3) is 4.01. The third-order valence-corrected chi connectivity index (χ3v) is 2.84. The molecule has 7 nitrogen and oxygen atoms in total. The molecule has 1 atom stereocenters. The van der Waals surface area contributed by atoms with Crippen molar-refractivity contribution >= 4 is 5.95 Å². The second-order valence-electron chi connectivity index (χ2n) is 4.58. The molecule has 0 aliphatic heterocycles. The molecule has 22 heavy (non-hydrogen) atoms. The molecule has 0 aliphatic carbocycles. The van der Waals surface area contributed by atoms with Crippen molar-refractivity contribution in [3.63, 3.8) is 0 Å². The largest absolute Gasteiger partial charge is 0.490 e. The fourth-order valence-electron chi connectivity index (χ4n) is 1.84. The number of halogens is 3. The first-order chi connectivity index (χ1) is 10.3. The van der Waals surface area contributed by atoms with Crippen LogP contribution >= 0.6 is 0 Å². The molecule has 1 N–H and O–H groups in total. The Labute approximate surface area is 122 Å². The van der Waals surface area contributed by atoms with Gasteiger partial charge >= 0.3 is 12.1 Å². The summed E-state index contributed by atoms with van der Waals surface area (Å²) in [4.78, 5) is 13.1. The van der Waals surface area contributed by atoms with Gasteiger partial charge in [0.1, 0.15) is 0 Å². The van der Waals surface area contributed by atoms with Crippen molar-refractivity contribution in [2.24, 2.45) is 0 Å². The third-order valence-electron chi connectivity index (χ3n) is 2.84. The molecule has 2 aromatic rings. The molecule has 0 spiro atoms. The summed E-state index contributed by atoms with van der Waals surface area (Å²) in [6.07, 6.45) is -4.17. The highest BCUT2D eigenvalue weighted by atomic mass is 19.4. The first-order valence-corrected chi connectivity index (χ1v) is 6.14. The minimum Gasteiger partial charge on any atom is -0.391 e. The Hall–Kier alpha value is -2.49. The maximum Gasteiger partial charge on any atom is 0.490 e. The summed E-state index contributed by atoms with van der Waals surface area (Å²) >= 11 is 0. The van der Waals surface area contributed by atoms with Crippen LogP contribution in [0, 0.1) is 10.1 Å². The van der Waals surface area contributed by atoms with E-state index in [0.717, 1.165) is 23.1 Å². The Morgan fingerprint density at radius 1 is 1.32 bits per heavy atom. The maximum absolute atomic E-state index is 12.4. The van der Waals surface area contributed by atoms with Crippen LogP contribution in [0.25, 0.3) is 0 Å². The number of rotatable bonds is 5. The number of aliphatic hydroxyl groups is 1. The lowest BCUT2D eigenvalue weighted by Gasteiger charge is -2.10. The van der Waals surface area contributed by atoms with Crippen molar-refractivity contribution < 1.29 is 23.2 Å². The van der Waals surface area contributed by atoms with Crippen LogP contribution in [0.15, 0.2) is 30.6 Å². The van der Waals surface area contributed by atoms with Gasteiger partial charge in [-0.05, 0) is 22.6 Å². The summed E-state index contributed by atoms with van der Waals surface area (Å²) in [6, 6.07) is 4.41. The number of aromatic nitrogens is 3. The molecular formula is C12H11F3N4O3. The van der Waals surface area contributed by atoms with E-state index in [1.54, 1.807) is 0 Å². The number of aliphatic hydroxyl groups excluding tert-OH is 1. The number of hydrogen-bond donors (Lipinski definition) is 1. The van der Waals surface area contributed by atoms with Crippen molar-refractivity contribution in [2.45, 2.75) is 25.2 Å². The predicted molar refractivity (Wildman–Crippen MR) is 67.8 cm³/mol. The Kier molecular flexibility index (Phi) is 4.40. The second-order valence-corrected chi connectivity index (χ2v) is 4.58. The Morgan fingerprint density at radius 2 is 1.95 bits per heavy atom. The van der Waals surface area contributed by atoms with Crippen molar-refractivity contribution in [3.8, 4) is 0 Å². The van der Waals surface area contributed by atoms with Gasteiger partial charge in [0.15, 0.2) is 0 Å². The first-order valence-electron chi connectivity index (χ1n) is 6.14. The van der Waals surface area contributed by atoms with Crippen LogP contribution < -0.4 is 0 Å². The number of alkyl halides is 3. The first kappa shape index (κ1) is 15.9. The minimum absolute atomic E-state index is 0.0537. The molecule has 1 aromatic heterocycles. The topological polar surface area (TPSA) is 94.1 Å². The van der Waals surface area contributed by atoms with Crippen molar-refractivity contribution in [3.05, 3.63) is 51.8 Å². The van der Waals surface area contributed by atoms with E-state index in [1.165, 1.54) is 12.1 Å². The van der Waals surface area contributed by atoms with Crippen LogP contribution in [0.5, 0.6) is 0 Å². The fourth-order valence-corrected chi connectivity index (χ4v) is 1.84. The zero-order chi connectivity index (χ0) is 16.3. The van der Waals surface area contributed by atoms with Gasteiger partial charge in [-0.3, -0.25) is 0 Å². The summed E-state index contributed by atoms with van der Waals surface area (Å²) in [5.74, 6) is -0.582. The van der Waals surface area contributed by atoms with Gasteiger partial charge in [-0.1, -0.05) is 17.1 Å². The summed E-state index contributed by atoms with van der Waals surface area (Å²) in [5.41, 5.74) is -0.257. The van der Waals surface area contributed by atoms with Crippen molar-refractivity contribution in [1.29, 1.82) is 0 Å². The zero-order valence-electron chi connectivity index (χ0n) is 11.1. The number of hydrogen-bond acceptors (Lipinski definition) is 5. The number of nitrogens with zero attached hydrogens (tertiary/aromatic N) is 4. The molecular weight excluding hydrogens is 305 g/mol. The maximum atomic E-state index is 12.4. The van der Waals surface area contributed by atoms with Crippen LogP contribution in [-0.4, -0.2) is 30.9 Å². The standard InChI is InChI=1S/C12H11F3N4O3/c13-12(14,15)9-3-1-8(2-4-9)5-10(20)6-18-7-16-11(17-18)19(21)22/h1-4,7,10,20H,5-6H2/t10-/m0/s1. The van der Waals surface area contributed by atoms with Crippen LogP contribution in [-0.2, 0) is 19.1 Å². The van der Waals surface area contributed by atoms with Gasteiger partial charge in [-0.2, -0.15) is 17.9 Å². The Balaban J connectivity index is 1.96. The van der Waals surface area contributed by atoms with Gasteiger partial charge in [0.05, 0.1) is 18.2 Å². The molecule has 0 saturated carbocycles. The average molecular weight is 316 g/mol. The van der Waals surface area contributed by atoms with E-state index >= 15 is 0 Å². The normalized spacial score (nSPS) is 13.1. The molecule has 2 rings (SSSR count). The number of nitro groups is 1. The van der Waals surface area contributed by atoms with E-state index in [4.69, 9.17) is 0 Å². The van der Waals surface area contributed by atoms with E-state index in [0.29, 0.717) is 5.56 Å². The van der Waals surface area contributed by atoms with E-state index < -0.39 is 28.7 Å². The molecule has 0 unspecified atom stereocenters. The minimum atomic E-state index is -4.41. The fraction of sp³-hybridized carbons (Fsp3) is 0.333. The monoisotopic (exact) mass is 316 g/mol. The van der Waals surface area contributed by atoms with E-state index in [1.807, 2.05) is 0 Å². The van der Waals surface area contributed by atoms with Crippen LogP contribution in [0.2, 0.25) is 0 Å². The van der Waals surface area contributed by atoms with Gasteiger partial charge < -0.3 is 15.2 Å². The molecule has 0 bridgehead atoms. The zero-order valence-corrected chi connectivity index (χ0v) is 11.1. The Morgan fingerprint density at radius 3 is 2.45 bits per heavy atom. The highest BCUT2D eigenvalue weighted by Gasteiger charge is 2.30. The van der Waals surface area contributed by atoms with E-state index in [2.05, 4.69) is 10.1 Å². The van der Waals surface area contributed by atoms with Gasteiger partial charge in [0, 0.05) is 11.5 Å². The molecule has 1 aromatic carbocycles. The molecule has 0 aliphatic rings. The van der Waals surface area contributed by atoms with Gasteiger partial charge in [0.2, 0.25) is 6.33 Å². The van der Waals surface area contributed by atoms with Crippen LogP contribution in [0.3, 0.4) is 0 Å². The lowest BCUT2D eigenvalue weighted by atomic mass is 10.1. The quantitative estimate of drug-likeness (QED) is 0.670. The molecule has 0 radical (unpaired) electrons. The van der Waals surface area contributed by atoms with Crippen molar-refractivity contribution in [2.75, 3.05) is 0 Å². The van der Waals surface area contributed by atoms with Crippen LogP contribution in [0.4, 0.5) is 19.1 Å². The summed E-state index contributed by atoms with van der Waals surface area (Å²) in [6.45, 7) is -0.0537. The molecule has 0 fully saturated rings. The second kappa shape index (κ2) is 6.10. The average Bonchev–Trinajstić information content (AvgIpc) is 2.86. The van der Waals surface area contributed by atoms with E-state index in [9.17, 15) is 28.4 Å².